The molecular weight excluding hydrogens is 565 g/mol. The van der Waals surface area contributed by atoms with Gasteiger partial charge in [0.15, 0.2) is 0 Å². The Morgan fingerprint density at radius 1 is 0.170 bits per heavy atom. The van der Waals surface area contributed by atoms with Gasteiger partial charge in [0.25, 0.3) is 0 Å². The van der Waals surface area contributed by atoms with Crippen molar-refractivity contribution in [2.24, 2.45) is 0 Å². The molecule has 0 saturated heterocycles. The van der Waals surface area contributed by atoms with Gasteiger partial charge >= 0.3 is 0 Å². The van der Waals surface area contributed by atoms with Crippen LogP contribution in [-0.2, 0) is 0 Å². The van der Waals surface area contributed by atoms with Crippen LogP contribution in [0.2, 0.25) is 0 Å². The van der Waals surface area contributed by atoms with Crippen molar-refractivity contribution in [3.05, 3.63) is 6.42 Å². The van der Waals surface area contributed by atoms with Crippen LogP contribution in [0.4, 0.5) is 0 Å². The highest BCUT2D eigenvalue weighted by molar-refractivity contribution is 4.65. The Hall–Kier alpha value is 0. The third-order valence-electron chi connectivity index (χ3n) is 11.0. The van der Waals surface area contributed by atoms with Crippen molar-refractivity contribution in [2.45, 2.75) is 296 Å². The van der Waals surface area contributed by atoms with Gasteiger partial charge in [-0.25, -0.2) is 0 Å². The van der Waals surface area contributed by atoms with E-state index < -0.39 is 0 Å². The van der Waals surface area contributed by atoms with E-state index in [2.05, 4.69) is 20.3 Å². The molecule has 0 spiro atoms. The molecule has 0 heteroatoms. The summed E-state index contributed by atoms with van der Waals surface area (Å²) >= 11 is 0. The van der Waals surface area contributed by atoms with Crippen LogP contribution in [-0.4, -0.2) is 0 Å². The Balaban J connectivity index is 3.03. The zero-order valence-corrected chi connectivity index (χ0v) is 33.7. The summed E-state index contributed by atoms with van der Waals surface area (Å²) in [5.41, 5.74) is 0. The minimum Gasteiger partial charge on any atom is -0.0654 e. The molecule has 0 aliphatic carbocycles. The highest BCUT2D eigenvalue weighted by Gasteiger charge is 1.98. The summed E-state index contributed by atoms with van der Waals surface area (Å²) in [5.74, 6) is 0. The second kappa shape index (κ2) is 46.0. The maximum atomic E-state index is 2.60. The van der Waals surface area contributed by atoms with Crippen LogP contribution >= 0.6 is 0 Å². The molecule has 0 heterocycles. The molecule has 0 saturated carbocycles. The van der Waals surface area contributed by atoms with Gasteiger partial charge in [-0.15, -0.1) is 0 Å². The van der Waals surface area contributed by atoms with Crippen molar-refractivity contribution < 1.29 is 0 Å². The second-order valence-electron chi connectivity index (χ2n) is 16.0. The number of rotatable bonds is 44. The van der Waals surface area contributed by atoms with Crippen LogP contribution in [0.5, 0.6) is 0 Å². The lowest BCUT2D eigenvalue weighted by atomic mass is 10.0. The molecule has 0 atom stereocenters. The Labute approximate surface area is 302 Å². The van der Waals surface area contributed by atoms with E-state index in [9.17, 15) is 0 Å². The smallest absolute Gasteiger partial charge is 0.0386 e. The summed E-state index contributed by atoms with van der Waals surface area (Å²) in [6.07, 6.45) is 67.4. The zero-order valence-electron chi connectivity index (χ0n) is 33.7. The van der Waals surface area contributed by atoms with Gasteiger partial charge in [-0.3, -0.25) is 0 Å². The Morgan fingerprint density at radius 2 is 0.298 bits per heavy atom. The first kappa shape index (κ1) is 47.0. The van der Waals surface area contributed by atoms with E-state index in [4.69, 9.17) is 0 Å². The highest BCUT2D eigenvalue weighted by Crippen LogP contribution is 2.18. The minimum absolute atomic E-state index is 1.37. The van der Waals surface area contributed by atoms with Gasteiger partial charge in [-0.1, -0.05) is 296 Å². The van der Waals surface area contributed by atoms with E-state index in [0.29, 0.717) is 0 Å². The maximum absolute atomic E-state index is 2.60. The average molecular weight is 660 g/mol. The molecule has 1 radical (unpaired) electrons. The SMILES string of the molecule is CCCCCCCCCCCCCCCCCCC[CH]CCCCCCCCCCCCCCCCCCCCCCCCCCC. The summed E-state index contributed by atoms with van der Waals surface area (Å²) in [4.78, 5) is 0. The molecule has 0 nitrogen and oxygen atoms in total. The first-order chi connectivity index (χ1) is 23.4. The third-order valence-corrected chi connectivity index (χ3v) is 11.0. The molecule has 0 bridgehead atoms. The number of hydrogen-bond acceptors (Lipinski definition) is 0. The van der Waals surface area contributed by atoms with E-state index in [0.717, 1.165) is 0 Å². The normalized spacial score (nSPS) is 11.6. The van der Waals surface area contributed by atoms with E-state index in [1.807, 2.05) is 0 Å². The molecule has 0 rings (SSSR count). The van der Waals surface area contributed by atoms with Crippen molar-refractivity contribution in [3.63, 3.8) is 0 Å². The van der Waals surface area contributed by atoms with Crippen molar-refractivity contribution in [1.29, 1.82) is 0 Å². The van der Waals surface area contributed by atoms with E-state index >= 15 is 0 Å². The maximum Gasteiger partial charge on any atom is -0.0386 e. The van der Waals surface area contributed by atoms with E-state index in [1.165, 1.54) is 283 Å². The first-order valence-corrected chi connectivity index (χ1v) is 23.2. The van der Waals surface area contributed by atoms with Crippen molar-refractivity contribution >= 4 is 0 Å². The van der Waals surface area contributed by atoms with Gasteiger partial charge in [-0.05, 0) is 6.42 Å². The van der Waals surface area contributed by atoms with Crippen LogP contribution in [0.1, 0.15) is 296 Å². The fourth-order valence-electron chi connectivity index (χ4n) is 7.59. The third kappa shape index (κ3) is 46.0. The zero-order chi connectivity index (χ0) is 33.8. The minimum atomic E-state index is 1.37. The molecule has 0 aliphatic heterocycles. The van der Waals surface area contributed by atoms with E-state index in [1.54, 1.807) is 0 Å². The van der Waals surface area contributed by atoms with Gasteiger partial charge in [0.05, 0.1) is 0 Å². The van der Waals surface area contributed by atoms with Gasteiger partial charge in [0, 0.05) is 0 Å². The predicted octanol–water partition coefficient (Wildman–Crippen LogP) is 18.4. The van der Waals surface area contributed by atoms with Crippen molar-refractivity contribution in [1.82, 2.24) is 0 Å². The molecular formula is C47H95. The van der Waals surface area contributed by atoms with Crippen molar-refractivity contribution in [2.75, 3.05) is 0 Å². The Morgan fingerprint density at radius 3 is 0.447 bits per heavy atom. The molecule has 0 aromatic carbocycles. The van der Waals surface area contributed by atoms with Gasteiger partial charge in [-0.2, -0.15) is 0 Å². The average Bonchev–Trinajstić information content (AvgIpc) is 3.08. The molecule has 0 aliphatic rings. The van der Waals surface area contributed by atoms with Crippen LogP contribution in [0.25, 0.3) is 0 Å². The summed E-state index contributed by atoms with van der Waals surface area (Å²) in [6.45, 7) is 4.62. The van der Waals surface area contributed by atoms with Crippen LogP contribution in [0, 0.1) is 6.42 Å². The summed E-state index contributed by atoms with van der Waals surface area (Å²) in [6, 6.07) is 0. The first-order valence-electron chi connectivity index (χ1n) is 23.2. The molecule has 0 unspecified atom stereocenters. The van der Waals surface area contributed by atoms with E-state index in [-0.39, 0.29) is 0 Å². The number of hydrogen-bond donors (Lipinski definition) is 0. The quantitative estimate of drug-likeness (QED) is 0.0571. The fourth-order valence-corrected chi connectivity index (χ4v) is 7.59. The van der Waals surface area contributed by atoms with Crippen molar-refractivity contribution in [3.8, 4) is 0 Å². The topological polar surface area (TPSA) is 0 Å². The van der Waals surface area contributed by atoms with Gasteiger partial charge in [0.2, 0.25) is 0 Å². The Kier molecular flexibility index (Phi) is 46.0. The molecule has 0 N–H and O–H groups in total. The van der Waals surface area contributed by atoms with Gasteiger partial charge < -0.3 is 0 Å². The lowest BCUT2D eigenvalue weighted by Gasteiger charge is -2.05. The molecule has 0 amide bonds. The fraction of sp³-hybridized carbons (Fsp3) is 0.979. The van der Waals surface area contributed by atoms with Crippen LogP contribution < -0.4 is 0 Å². The summed E-state index contributed by atoms with van der Waals surface area (Å²) < 4.78 is 0. The lowest BCUT2D eigenvalue weighted by molar-refractivity contribution is 0.515. The molecule has 0 aromatic rings. The van der Waals surface area contributed by atoms with Gasteiger partial charge in [0.1, 0.15) is 0 Å². The summed E-state index contributed by atoms with van der Waals surface area (Å²) in [7, 11) is 0. The highest BCUT2D eigenvalue weighted by atomic mass is 14.0. The Bertz CT molecular complexity index is 450. The van der Waals surface area contributed by atoms with Crippen LogP contribution in [0.3, 0.4) is 0 Å². The second-order valence-corrected chi connectivity index (χ2v) is 16.0. The number of unbranched alkanes of at least 4 members (excludes halogenated alkanes) is 44. The summed E-state index contributed by atoms with van der Waals surface area (Å²) in [5, 5.41) is 0. The largest absolute Gasteiger partial charge is 0.0654 e. The molecule has 283 valence electrons. The predicted molar refractivity (Wildman–Crippen MR) is 219 cm³/mol. The molecule has 0 fully saturated rings. The van der Waals surface area contributed by atoms with Crippen LogP contribution in [0.15, 0.2) is 0 Å². The molecule has 47 heavy (non-hydrogen) atoms. The standard InChI is InChI=1S/C47H95/c1-3-5-7-9-11-13-15-17-19-21-23-25-27-29-31-33-35-37-39-41-43-45-47-46-44-42-40-38-36-34-32-30-28-26-24-22-20-18-16-14-12-10-8-6-4-2/h39H,3-38,40-47H2,1-2H3. The monoisotopic (exact) mass is 660 g/mol. The molecule has 0 aromatic heterocycles. The lowest BCUT2D eigenvalue weighted by Crippen LogP contribution is -1.85.